The lowest BCUT2D eigenvalue weighted by Gasteiger charge is -2.57. The van der Waals surface area contributed by atoms with E-state index in [-0.39, 0.29) is 18.5 Å². The number of aliphatic hydroxyl groups excluding tert-OH is 1. The van der Waals surface area contributed by atoms with Gasteiger partial charge in [-0.3, -0.25) is 0 Å². The molecule has 1 aromatic carbocycles. The van der Waals surface area contributed by atoms with E-state index in [0.717, 1.165) is 43.2 Å². The first kappa shape index (κ1) is 21.8. The highest BCUT2D eigenvalue weighted by molar-refractivity contribution is 5.86. The van der Waals surface area contributed by atoms with Crippen LogP contribution < -0.4 is 5.32 Å². The molecule has 4 bridgehead atoms. The van der Waals surface area contributed by atoms with Gasteiger partial charge in [0.15, 0.2) is 0 Å². The predicted octanol–water partition coefficient (Wildman–Crippen LogP) is 5.42. The van der Waals surface area contributed by atoms with Crippen LogP contribution in [0.2, 0.25) is 0 Å². The van der Waals surface area contributed by atoms with Crippen LogP contribution >= 0.6 is 12.4 Å². The highest BCUT2D eigenvalue weighted by Crippen LogP contribution is 2.55. The van der Waals surface area contributed by atoms with E-state index in [1.807, 2.05) is 0 Å². The van der Waals surface area contributed by atoms with Crippen molar-refractivity contribution >= 4 is 23.3 Å². The summed E-state index contributed by atoms with van der Waals surface area (Å²) in [6.07, 6.45) is 11.8. The van der Waals surface area contributed by atoms with Gasteiger partial charge in [0.1, 0.15) is 0 Å². The maximum absolute atomic E-state index is 11.1. The number of aromatic nitrogens is 1. The van der Waals surface area contributed by atoms with Crippen molar-refractivity contribution in [3.63, 3.8) is 0 Å². The fraction of sp³-hybridized carbons (Fsp3) is 0.704. The molecule has 2 unspecified atom stereocenters. The summed E-state index contributed by atoms with van der Waals surface area (Å²) in [5.74, 6) is 3.62. The highest BCUT2D eigenvalue weighted by Gasteiger charge is 2.50. The largest absolute Gasteiger partial charge is 0.390 e. The topological polar surface area (TPSA) is 37.2 Å². The molecule has 4 heteroatoms. The molecule has 7 rings (SSSR count). The number of fused-ring (bicyclic) bond motifs is 3. The fourth-order valence-electron chi connectivity index (χ4n) is 8.08. The second-order valence-corrected chi connectivity index (χ2v) is 11.6. The Labute approximate surface area is 193 Å². The molecule has 0 amide bonds. The zero-order valence-electron chi connectivity index (χ0n) is 19.2. The standard InChI is InChI=1S/C27H38N2O.ClH/c1-17-3-5-25-23(7-17)24-8-18(2)4-6-26(24)29(25)16-22(30)15-28-27-12-19-9-20(13-27)11-21(10-19)14-27;/h3,5,7,18-22,28,30H,4,6,8-16H2,1-2H3;1H. The van der Waals surface area contributed by atoms with Crippen LogP contribution in [0.5, 0.6) is 0 Å². The summed E-state index contributed by atoms with van der Waals surface area (Å²) >= 11 is 0. The minimum atomic E-state index is -0.321. The normalized spacial score (nSPS) is 34.5. The maximum atomic E-state index is 11.1. The van der Waals surface area contributed by atoms with Crippen molar-refractivity contribution in [1.29, 1.82) is 0 Å². The number of β-amino-alcohol motifs (C(OH)–C–C–N with tert-alkyl or cyclic N) is 1. The second-order valence-electron chi connectivity index (χ2n) is 11.6. The van der Waals surface area contributed by atoms with Crippen molar-refractivity contribution < 1.29 is 5.11 Å². The molecule has 1 aromatic heterocycles. The minimum absolute atomic E-state index is 0. The van der Waals surface area contributed by atoms with Crippen LogP contribution in [0.1, 0.15) is 68.7 Å². The molecule has 0 radical (unpaired) electrons. The molecule has 0 spiro atoms. The van der Waals surface area contributed by atoms with E-state index in [4.69, 9.17) is 0 Å². The molecule has 31 heavy (non-hydrogen) atoms. The summed E-state index contributed by atoms with van der Waals surface area (Å²) in [5, 5.41) is 16.5. The van der Waals surface area contributed by atoms with E-state index in [2.05, 4.69) is 41.9 Å². The summed E-state index contributed by atoms with van der Waals surface area (Å²) in [6.45, 7) is 6.04. The van der Waals surface area contributed by atoms with Gasteiger partial charge in [-0.25, -0.2) is 0 Å². The monoisotopic (exact) mass is 442 g/mol. The zero-order valence-corrected chi connectivity index (χ0v) is 20.0. The van der Waals surface area contributed by atoms with Crippen molar-refractivity contribution in [2.75, 3.05) is 6.54 Å². The number of benzene rings is 1. The molecular weight excluding hydrogens is 404 g/mol. The molecule has 2 N–H and O–H groups in total. The van der Waals surface area contributed by atoms with Crippen molar-refractivity contribution in [2.45, 2.75) is 89.8 Å². The zero-order chi connectivity index (χ0) is 20.5. The number of rotatable bonds is 5. The van der Waals surface area contributed by atoms with Gasteiger partial charge in [-0.2, -0.15) is 0 Å². The second kappa shape index (κ2) is 8.08. The Morgan fingerprint density at radius 2 is 1.81 bits per heavy atom. The minimum Gasteiger partial charge on any atom is -0.390 e. The number of aliphatic hydroxyl groups is 1. The smallest absolute Gasteiger partial charge is 0.0843 e. The van der Waals surface area contributed by atoms with Gasteiger partial charge < -0.3 is 15.0 Å². The third kappa shape index (κ3) is 3.85. The van der Waals surface area contributed by atoms with Crippen LogP contribution in [0.4, 0.5) is 0 Å². The summed E-state index contributed by atoms with van der Waals surface area (Å²) < 4.78 is 2.46. The highest BCUT2D eigenvalue weighted by atomic mass is 35.5. The molecular formula is C27H39ClN2O. The van der Waals surface area contributed by atoms with Gasteiger partial charge in [-0.1, -0.05) is 18.6 Å². The number of nitrogens with one attached hydrogen (secondary N) is 1. The molecule has 0 saturated heterocycles. The Kier molecular flexibility index (Phi) is 5.68. The molecule has 1 heterocycles. The van der Waals surface area contributed by atoms with E-state index in [1.54, 1.807) is 5.56 Å². The SMILES string of the molecule is Cc1ccc2c(c1)c1c(n2CC(O)CNC23CC4CC(CC(C4)C2)C3)CCC(C)C1.Cl. The van der Waals surface area contributed by atoms with E-state index in [0.29, 0.717) is 5.54 Å². The average Bonchev–Trinajstić information content (AvgIpc) is 2.98. The molecule has 2 atom stereocenters. The first-order valence-electron chi connectivity index (χ1n) is 12.5. The van der Waals surface area contributed by atoms with E-state index < -0.39 is 0 Å². The number of hydrogen-bond acceptors (Lipinski definition) is 2. The van der Waals surface area contributed by atoms with Crippen molar-refractivity contribution in [3.05, 3.63) is 35.0 Å². The number of nitrogens with zero attached hydrogens (tertiary/aromatic N) is 1. The van der Waals surface area contributed by atoms with Gasteiger partial charge in [-0.05, 0) is 106 Å². The number of aryl methyl sites for hydroxylation is 1. The van der Waals surface area contributed by atoms with Gasteiger partial charge in [0.05, 0.1) is 12.6 Å². The number of hydrogen-bond donors (Lipinski definition) is 2. The Hall–Kier alpha value is -1.03. The lowest BCUT2D eigenvalue weighted by molar-refractivity contribution is -0.0253. The maximum Gasteiger partial charge on any atom is 0.0843 e. The van der Waals surface area contributed by atoms with Crippen molar-refractivity contribution in [3.8, 4) is 0 Å². The quantitative estimate of drug-likeness (QED) is 0.649. The molecule has 4 saturated carbocycles. The Morgan fingerprint density at radius 3 is 2.48 bits per heavy atom. The van der Waals surface area contributed by atoms with Gasteiger partial charge in [-0.15, -0.1) is 12.4 Å². The van der Waals surface area contributed by atoms with Gasteiger partial charge in [0, 0.05) is 28.7 Å². The Balaban J connectivity index is 0.00000204. The van der Waals surface area contributed by atoms with Crippen molar-refractivity contribution in [2.24, 2.45) is 23.7 Å². The van der Waals surface area contributed by atoms with Crippen molar-refractivity contribution in [1.82, 2.24) is 9.88 Å². The third-order valence-corrected chi connectivity index (χ3v) is 9.01. The molecule has 5 aliphatic carbocycles. The molecule has 2 aromatic rings. The number of halogens is 1. The first-order valence-corrected chi connectivity index (χ1v) is 12.5. The predicted molar refractivity (Wildman–Crippen MR) is 130 cm³/mol. The van der Waals surface area contributed by atoms with Gasteiger partial charge in [0.25, 0.3) is 0 Å². The summed E-state index contributed by atoms with van der Waals surface area (Å²) in [5.41, 5.74) is 6.04. The summed E-state index contributed by atoms with van der Waals surface area (Å²) in [6, 6.07) is 6.88. The van der Waals surface area contributed by atoms with E-state index in [1.165, 1.54) is 73.5 Å². The van der Waals surface area contributed by atoms with E-state index in [9.17, 15) is 5.11 Å². The van der Waals surface area contributed by atoms with Gasteiger partial charge in [0.2, 0.25) is 0 Å². The van der Waals surface area contributed by atoms with Crippen LogP contribution in [0, 0.1) is 30.6 Å². The Morgan fingerprint density at radius 1 is 1.13 bits per heavy atom. The van der Waals surface area contributed by atoms with Gasteiger partial charge >= 0.3 is 0 Å². The summed E-state index contributed by atoms with van der Waals surface area (Å²) in [7, 11) is 0. The lowest BCUT2D eigenvalue weighted by Crippen LogP contribution is -2.59. The van der Waals surface area contributed by atoms with Crippen LogP contribution in [-0.4, -0.2) is 27.9 Å². The molecule has 4 fully saturated rings. The lowest BCUT2D eigenvalue weighted by atomic mass is 9.53. The molecule has 3 nitrogen and oxygen atoms in total. The molecule has 5 aliphatic rings. The van der Waals surface area contributed by atoms with Crippen LogP contribution in [0.25, 0.3) is 10.9 Å². The van der Waals surface area contributed by atoms with Crippen LogP contribution in [0.15, 0.2) is 18.2 Å². The fourth-order valence-corrected chi connectivity index (χ4v) is 8.08. The van der Waals surface area contributed by atoms with Crippen LogP contribution in [-0.2, 0) is 19.4 Å². The average molecular weight is 443 g/mol. The molecule has 0 aliphatic heterocycles. The van der Waals surface area contributed by atoms with Crippen LogP contribution in [0.3, 0.4) is 0 Å². The Bertz CT molecular complexity index is 929. The molecule has 170 valence electrons. The summed E-state index contributed by atoms with van der Waals surface area (Å²) in [4.78, 5) is 0. The third-order valence-electron chi connectivity index (χ3n) is 9.01. The van der Waals surface area contributed by atoms with E-state index >= 15 is 0 Å². The first-order chi connectivity index (χ1) is 14.5.